The van der Waals surface area contributed by atoms with E-state index in [-0.39, 0.29) is 0 Å². The van der Waals surface area contributed by atoms with Gasteiger partial charge in [-0.3, -0.25) is 4.57 Å². The number of rotatable bonds is 6. The van der Waals surface area contributed by atoms with E-state index in [0.717, 1.165) is 47.6 Å². The van der Waals surface area contributed by atoms with Crippen LogP contribution in [-0.4, -0.2) is 51.3 Å². The number of hydrogen-bond donors (Lipinski definition) is 0. The van der Waals surface area contributed by atoms with Crippen LogP contribution in [0.1, 0.15) is 34.7 Å². The molecule has 4 aromatic rings. The normalized spacial score (nSPS) is 16.1. The molecule has 0 N–H and O–H groups in total. The first-order valence-electron chi connectivity index (χ1n) is 11.7. The Morgan fingerprint density at radius 1 is 1.03 bits per heavy atom. The van der Waals surface area contributed by atoms with E-state index in [1.165, 1.54) is 28.8 Å². The van der Waals surface area contributed by atoms with Crippen LogP contribution in [0.3, 0.4) is 0 Å². The summed E-state index contributed by atoms with van der Waals surface area (Å²) in [7, 11) is 0. The molecule has 0 unspecified atom stereocenters. The van der Waals surface area contributed by atoms with Crippen LogP contribution in [0.5, 0.6) is 0 Å². The van der Waals surface area contributed by atoms with Crippen LogP contribution in [0.25, 0.3) is 16.5 Å². The van der Waals surface area contributed by atoms with Gasteiger partial charge in [0, 0.05) is 18.0 Å². The summed E-state index contributed by atoms with van der Waals surface area (Å²) in [6.07, 6.45) is 4.86. The van der Waals surface area contributed by atoms with Gasteiger partial charge in [-0.1, -0.05) is 30.0 Å². The maximum Gasteiger partial charge on any atom is 0.257 e. The molecule has 8 nitrogen and oxygen atoms in total. The highest BCUT2D eigenvalue weighted by molar-refractivity contribution is 7.98. The topological polar surface area (TPSA) is 82.1 Å². The van der Waals surface area contributed by atoms with Gasteiger partial charge in [0.15, 0.2) is 5.16 Å². The quantitative estimate of drug-likeness (QED) is 0.357. The van der Waals surface area contributed by atoms with Crippen molar-refractivity contribution in [3.8, 4) is 16.5 Å². The summed E-state index contributed by atoms with van der Waals surface area (Å²) in [4.78, 5) is 4.78. The maximum absolute atomic E-state index is 6.04. The molecule has 1 aliphatic heterocycles. The molecule has 176 valence electrons. The second-order valence-electron chi connectivity index (χ2n) is 8.56. The van der Waals surface area contributed by atoms with Gasteiger partial charge < -0.3 is 14.1 Å². The zero-order chi connectivity index (χ0) is 22.9. The molecule has 34 heavy (non-hydrogen) atoms. The fourth-order valence-electron chi connectivity index (χ4n) is 4.48. The number of thiophene rings is 1. The minimum absolute atomic E-state index is 0.533. The summed E-state index contributed by atoms with van der Waals surface area (Å²) in [5.74, 6) is 2.59. The van der Waals surface area contributed by atoms with Crippen LogP contribution < -0.4 is 4.90 Å². The molecule has 2 aliphatic rings. The van der Waals surface area contributed by atoms with E-state index in [1.54, 1.807) is 23.1 Å². The standard InChI is InChI=1S/C24H26N6O2S2/c1-16-6-2-4-8-18(16)30-23(29-10-12-31-13-11-29)27-28-24(30)33-15-21-25-26-22(32-21)20-14-17-7-3-5-9-19(17)34-20/h2,4,6,8,14H,3,5,7,9-13,15H2,1H3. The number of aromatic nitrogens is 5. The Hall–Kier alpha value is -2.69. The average molecular weight is 495 g/mol. The minimum Gasteiger partial charge on any atom is -0.419 e. The molecule has 0 amide bonds. The molecular formula is C24H26N6O2S2. The number of morpholine rings is 1. The lowest BCUT2D eigenvalue weighted by Crippen LogP contribution is -2.38. The van der Waals surface area contributed by atoms with Crippen molar-refractivity contribution in [2.45, 2.75) is 43.5 Å². The first-order valence-corrected chi connectivity index (χ1v) is 13.5. The number of nitrogens with zero attached hydrogens (tertiary/aromatic N) is 6. The molecular weight excluding hydrogens is 468 g/mol. The number of aryl methyl sites for hydroxylation is 3. The van der Waals surface area contributed by atoms with Crippen molar-refractivity contribution in [3.63, 3.8) is 0 Å². The SMILES string of the molecule is Cc1ccccc1-n1c(SCc2nnc(-c3cc4c(s3)CCCC4)o2)nnc1N1CCOCC1. The fourth-order valence-corrected chi connectivity index (χ4v) is 6.43. The zero-order valence-electron chi connectivity index (χ0n) is 19.1. The molecule has 0 atom stereocenters. The van der Waals surface area contributed by atoms with E-state index in [1.807, 2.05) is 12.1 Å². The minimum atomic E-state index is 0.533. The molecule has 0 saturated carbocycles. The summed E-state index contributed by atoms with van der Waals surface area (Å²) >= 11 is 3.35. The van der Waals surface area contributed by atoms with E-state index in [9.17, 15) is 0 Å². The van der Waals surface area contributed by atoms with Gasteiger partial charge in [-0.05, 0) is 55.9 Å². The maximum atomic E-state index is 6.04. The van der Waals surface area contributed by atoms with Crippen LogP contribution in [0, 0.1) is 6.92 Å². The molecule has 0 radical (unpaired) electrons. The number of para-hydroxylation sites is 1. The van der Waals surface area contributed by atoms with Crippen molar-refractivity contribution in [1.82, 2.24) is 25.0 Å². The Balaban J connectivity index is 1.25. The summed E-state index contributed by atoms with van der Waals surface area (Å²) in [6, 6.07) is 10.5. The van der Waals surface area contributed by atoms with Crippen molar-refractivity contribution in [3.05, 3.63) is 52.2 Å². The molecule has 1 fully saturated rings. The smallest absolute Gasteiger partial charge is 0.257 e. The van der Waals surface area contributed by atoms with Crippen molar-refractivity contribution in [2.75, 3.05) is 31.2 Å². The van der Waals surface area contributed by atoms with Crippen molar-refractivity contribution in [2.24, 2.45) is 0 Å². The number of benzene rings is 1. The van der Waals surface area contributed by atoms with E-state index in [0.29, 0.717) is 30.7 Å². The molecule has 0 bridgehead atoms. The Morgan fingerprint density at radius 3 is 2.74 bits per heavy atom. The second kappa shape index (κ2) is 9.52. The predicted molar refractivity (Wildman–Crippen MR) is 133 cm³/mol. The number of thioether (sulfide) groups is 1. The van der Waals surface area contributed by atoms with Gasteiger partial charge in [0.25, 0.3) is 5.89 Å². The van der Waals surface area contributed by atoms with Gasteiger partial charge in [0.05, 0.1) is 29.5 Å². The molecule has 3 aromatic heterocycles. The highest BCUT2D eigenvalue weighted by Gasteiger charge is 2.23. The number of fused-ring (bicyclic) bond motifs is 1. The highest BCUT2D eigenvalue weighted by Crippen LogP contribution is 2.36. The molecule has 1 saturated heterocycles. The average Bonchev–Trinajstić information content (AvgIpc) is 3.61. The van der Waals surface area contributed by atoms with Crippen LogP contribution >= 0.6 is 23.1 Å². The monoisotopic (exact) mass is 494 g/mol. The number of ether oxygens (including phenoxy) is 1. The summed E-state index contributed by atoms with van der Waals surface area (Å²) in [5, 5.41) is 18.5. The Morgan fingerprint density at radius 2 is 1.88 bits per heavy atom. The molecule has 4 heterocycles. The highest BCUT2D eigenvalue weighted by atomic mass is 32.2. The van der Waals surface area contributed by atoms with Gasteiger partial charge in [-0.2, -0.15) is 0 Å². The summed E-state index contributed by atoms with van der Waals surface area (Å²) in [6.45, 7) is 5.09. The van der Waals surface area contributed by atoms with Crippen LogP contribution in [0.15, 0.2) is 39.9 Å². The lowest BCUT2D eigenvalue weighted by Gasteiger charge is -2.28. The first kappa shape index (κ1) is 21.8. The van der Waals surface area contributed by atoms with E-state index >= 15 is 0 Å². The van der Waals surface area contributed by atoms with Crippen LogP contribution in [0.4, 0.5) is 5.95 Å². The van der Waals surface area contributed by atoms with Gasteiger partial charge in [-0.15, -0.1) is 31.7 Å². The first-order chi connectivity index (χ1) is 16.8. The lowest BCUT2D eigenvalue weighted by molar-refractivity contribution is 0.122. The Bertz CT molecular complexity index is 1270. The Kier molecular flexibility index (Phi) is 6.11. The zero-order valence-corrected chi connectivity index (χ0v) is 20.7. The van der Waals surface area contributed by atoms with Crippen LogP contribution in [-0.2, 0) is 23.3 Å². The molecule has 1 aromatic carbocycles. The summed E-state index contributed by atoms with van der Waals surface area (Å²) in [5.41, 5.74) is 3.69. The molecule has 6 rings (SSSR count). The van der Waals surface area contributed by atoms with Gasteiger partial charge in [0.1, 0.15) is 0 Å². The molecule has 0 spiro atoms. The van der Waals surface area contributed by atoms with Crippen molar-refractivity contribution < 1.29 is 9.15 Å². The third kappa shape index (κ3) is 4.25. The fraction of sp³-hybridized carbons (Fsp3) is 0.417. The van der Waals surface area contributed by atoms with Crippen molar-refractivity contribution in [1.29, 1.82) is 0 Å². The van der Waals surface area contributed by atoms with E-state index in [2.05, 4.69) is 55.0 Å². The predicted octanol–water partition coefficient (Wildman–Crippen LogP) is 4.69. The van der Waals surface area contributed by atoms with Crippen molar-refractivity contribution >= 4 is 29.0 Å². The van der Waals surface area contributed by atoms with Crippen LogP contribution in [0.2, 0.25) is 0 Å². The molecule has 10 heteroatoms. The Labute approximate surface area is 206 Å². The van der Waals surface area contributed by atoms with Gasteiger partial charge in [0.2, 0.25) is 11.8 Å². The largest absolute Gasteiger partial charge is 0.419 e. The van der Waals surface area contributed by atoms with Gasteiger partial charge in [-0.25, -0.2) is 0 Å². The second-order valence-corrected chi connectivity index (χ2v) is 10.6. The number of anilines is 1. The third-order valence-electron chi connectivity index (χ3n) is 6.27. The lowest BCUT2D eigenvalue weighted by atomic mass is 9.99. The van der Waals surface area contributed by atoms with E-state index in [4.69, 9.17) is 9.15 Å². The molecule has 1 aliphatic carbocycles. The summed E-state index contributed by atoms with van der Waals surface area (Å²) < 4.78 is 13.7. The van der Waals surface area contributed by atoms with Gasteiger partial charge >= 0.3 is 0 Å². The number of hydrogen-bond acceptors (Lipinski definition) is 9. The third-order valence-corrected chi connectivity index (χ3v) is 8.40. The van der Waals surface area contributed by atoms with E-state index < -0.39 is 0 Å².